The lowest BCUT2D eigenvalue weighted by molar-refractivity contribution is -0.115. The number of aromatic nitrogens is 3. The largest absolute Gasteiger partial charge is 0.453 e. The van der Waals surface area contributed by atoms with E-state index < -0.39 is 12.1 Å². The molecule has 10 nitrogen and oxygen atoms in total. The van der Waals surface area contributed by atoms with Crippen molar-refractivity contribution in [2.24, 2.45) is 0 Å². The molecule has 10 heteroatoms. The maximum atomic E-state index is 13.1. The van der Waals surface area contributed by atoms with Crippen molar-refractivity contribution in [3.63, 3.8) is 0 Å². The van der Waals surface area contributed by atoms with Crippen LogP contribution in [0.1, 0.15) is 35.1 Å². The molecule has 0 fully saturated rings. The van der Waals surface area contributed by atoms with Crippen molar-refractivity contribution in [2.75, 3.05) is 17.7 Å². The Morgan fingerprint density at radius 1 is 1.08 bits per heavy atom. The average Bonchev–Trinajstić information content (AvgIpc) is 3.39. The lowest BCUT2D eigenvalue weighted by Gasteiger charge is -2.17. The summed E-state index contributed by atoms with van der Waals surface area (Å²) >= 11 is 0. The molecule has 2 bridgehead atoms. The molecule has 3 amide bonds. The Kier molecular flexibility index (Phi) is 6.62. The van der Waals surface area contributed by atoms with Gasteiger partial charge in [0.2, 0.25) is 5.91 Å². The first-order chi connectivity index (χ1) is 18.0. The molecule has 0 saturated carbocycles. The summed E-state index contributed by atoms with van der Waals surface area (Å²) in [6, 6.07) is 13.7. The SMILES string of the molecule is COC(=O)Nc1ccc2c(c1)NC(=O)C/C=C\CC(NC(=O)c1ccc3ncccc3c1)c1ncc-2[nH]1. The Morgan fingerprint density at radius 2 is 1.97 bits per heavy atom. The van der Waals surface area contributed by atoms with Crippen molar-refractivity contribution >= 4 is 40.2 Å². The van der Waals surface area contributed by atoms with E-state index in [4.69, 9.17) is 0 Å². The van der Waals surface area contributed by atoms with Crippen LogP contribution in [0.15, 0.2) is 73.1 Å². The van der Waals surface area contributed by atoms with Crippen LogP contribution in [0.4, 0.5) is 16.2 Å². The minimum atomic E-state index is -0.618. The fraction of sp³-hybridized carbons (Fsp3) is 0.148. The van der Waals surface area contributed by atoms with Gasteiger partial charge in [-0.15, -0.1) is 0 Å². The zero-order chi connectivity index (χ0) is 25.8. The molecule has 4 N–H and O–H groups in total. The first-order valence-electron chi connectivity index (χ1n) is 11.6. The van der Waals surface area contributed by atoms with Gasteiger partial charge in [0, 0.05) is 34.8 Å². The van der Waals surface area contributed by atoms with E-state index in [1.807, 2.05) is 24.3 Å². The van der Waals surface area contributed by atoms with Crippen molar-refractivity contribution in [2.45, 2.75) is 18.9 Å². The molecule has 0 spiro atoms. The summed E-state index contributed by atoms with van der Waals surface area (Å²) in [6.07, 6.45) is 6.92. The predicted octanol–water partition coefficient (Wildman–Crippen LogP) is 4.56. The first-order valence-corrected chi connectivity index (χ1v) is 11.6. The monoisotopic (exact) mass is 496 g/mol. The third-order valence-electron chi connectivity index (χ3n) is 5.95. The molecular formula is C27H24N6O4. The van der Waals surface area contributed by atoms with Crippen LogP contribution in [0.2, 0.25) is 0 Å². The summed E-state index contributed by atoms with van der Waals surface area (Å²) in [5.74, 6) is 0.106. The number of H-pyrrole nitrogens is 1. The summed E-state index contributed by atoms with van der Waals surface area (Å²) in [6.45, 7) is 0. The number of fused-ring (bicyclic) bond motifs is 5. The molecule has 1 aliphatic rings. The highest BCUT2D eigenvalue weighted by Crippen LogP contribution is 2.31. The molecule has 37 heavy (non-hydrogen) atoms. The number of aromatic amines is 1. The predicted molar refractivity (Wildman–Crippen MR) is 139 cm³/mol. The second-order valence-electron chi connectivity index (χ2n) is 8.46. The van der Waals surface area contributed by atoms with E-state index in [-0.39, 0.29) is 18.2 Å². The maximum Gasteiger partial charge on any atom is 0.411 e. The Hall–Kier alpha value is -4.99. The number of rotatable bonds is 3. The number of amides is 3. The highest BCUT2D eigenvalue weighted by molar-refractivity contribution is 5.99. The van der Waals surface area contributed by atoms with Gasteiger partial charge in [-0.1, -0.05) is 18.2 Å². The minimum absolute atomic E-state index is 0.144. The molecule has 1 aliphatic heterocycles. The number of benzene rings is 2. The van der Waals surface area contributed by atoms with Gasteiger partial charge in [-0.05, 0) is 48.9 Å². The summed E-state index contributed by atoms with van der Waals surface area (Å²) in [7, 11) is 1.27. The molecule has 5 rings (SSSR count). The van der Waals surface area contributed by atoms with Crippen molar-refractivity contribution in [1.82, 2.24) is 20.3 Å². The van der Waals surface area contributed by atoms with E-state index >= 15 is 0 Å². The van der Waals surface area contributed by atoms with Gasteiger partial charge in [-0.2, -0.15) is 0 Å². The smallest absolute Gasteiger partial charge is 0.411 e. The van der Waals surface area contributed by atoms with E-state index in [0.717, 1.165) is 10.9 Å². The van der Waals surface area contributed by atoms with E-state index in [9.17, 15) is 14.4 Å². The van der Waals surface area contributed by atoms with Crippen LogP contribution >= 0.6 is 0 Å². The van der Waals surface area contributed by atoms with Gasteiger partial charge < -0.3 is 20.4 Å². The summed E-state index contributed by atoms with van der Waals surface area (Å²) in [5, 5.41) is 9.40. The Bertz CT molecular complexity index is 1530. The van der Waals surface area contributed by atoms with Crippen LogP contribution < -0.4 is 16.0 Å². The number of nitrogens with zero attached hydrogens (tertiary/aromatic N) is 2. The van der Waals surface area contributed by atoms with E-state index in [1.54, 1.807) is 48.8 Å². The topological polar surface area (TPSA) is 138 Å². The van der Waals surface area contributed by atoms with Crippen LogP contribution in [0.5, 0.6) is 0 Å². The molecule has 1 atom stereocenters. The number of pyridine rings is 1. The number of imidazole rings is 1. The maximum absolute atomic E-state index is 13.1. The number of carbonyl (C=O) groups excluding carboxylic acids is 3. The van der Waals surface area contributed by atoms with E-state index in [1.165, 1.54) is 7.11 Å². The van der Waals surface area contributed by atoms with Gasteiger partial charge in [0.25, 0.3) is 5.91 Å². The molecule has 1 unspecified atom stereocenters. The lowest BCUT2D eigenvalue weighted by atomic mass is 10.1. The Labute approximate surface area is 212 Å². The third-order valence-corrected chi connectivity index (χ3v) is 5.95. The quantitative estimate of drug-likeness (QED) is 0.307. The summed E-state index contributed by atoms with van der Waals surface area (Å²) < 4.78 is 4.65. The second kappa shape index (κ2) is 10.3. The third kappa shape index (κ3) is 5.32. The molecule has 2 aromatic carbocycles. The van der Waals surface area contributed by atoms with Crippen molar-refractivity contribution in [1.29, 1.82) is 0 Å². The molecule has 4 aromatic rings. The number of carbonyl (C=O) groups is 3. The number of anilines is 2. The van der Waals surface area contributed by atoms with Crippen molar-refractivity contribution in [3.8, 4) is 11.3 Å². The number of ether oxygens (including phenoxy) is 1. The van der Waals surface area contributed by atoms with E-state index in [0.29, 0.717) is 40.4 Å². The van der Waals surface area contributed by atoms with Gasteiger partial charge in [0.15, 0.2) is 0 Å². The summed E-state index contributed by atoms with van der Waals surface area (Å²) in [4.78, 5) is 49.5. The number of methoxy groups -OCH3 is 1. The molecule has 0 saturated heterocycles. The van der Waals surface area contributed by atoms with Crippen LogP contribution in [-0.4, -0.2) is 40.0 Å². The normalized spacial score (nSPS) is 15.9. The summed E-state index contributed by atoms with van der Waals surface area (Å²) in [5.41, 5.74) is 3.61. The fourth-order valence-corrected chi connectivity index (χ4v) is 4.10. The Morgan fingerprint density at radius 3 is 2.84 bits per heavy atom. The van der Waals surface area contributed by atoms with Crippen molar-refractivity contribution < 1.29 is 19.1 Å². The minimum Gasteiger partial charge on any atom is -0.453 e. The van der Waals surface area contributed by atoms with Gasteiger partial charge in [0.05, 0.1) is 36.2 Å². The number of hydrogen-bond donors (Lipinski definition) is 4. The standard InChI is InChI=1S/C27H24N6O4/c1-37-27(36)30-18-9-10-19-22(14-18)31-24(34)7-3-2-6-21(25-29-15-23(19)32-25)33-26(35)17-8-11-20-16(13-17)5-4-12-28-20/h2-5,8-15,21H,6-7H2,1H3,(H,29,32)(H,30,36)(H,31,34)(H,33,35)/b3-2-. The molecule has 0 aliphatic carbocycles. The average molecular weight is 497 g/mol. The zero-order valence-electron chi connectivity index (χ0n) is 19.9. The van der Waals surface area contributed by atoms with Crippen LogP contribution in [0.25, 0.3) is 22.2 Å². The van der Waals surface area contributed by atoms with E-state index in [2.05, 4.69) is 35.6 Å². The van der Waals surface area contributed by atoms with Crippen LogP contribution in [0, 0.1) is 0 Å². The Balaban J connectivity index is 1.45. The van der Waals surface area contributed by atoms with Gasteiger partial charge >= 0.3 is 6.09 Å². The molecular weight excluding hydrogens is 472 g/mol. The molecule has 186 valence electrons. The lowest BCUT2D eigenvalue weighted by Crippen LogP contribution is -2.29. The highest BCUT2D eigenvalue weighted by atomic mass is 16.5. The van der Waals surface area contributed by atoms with Crippen LogP contribution in [-0.2, 0) is 9.53 Å². The molecule has 3 heterocycles. The van der Waals surface area contributed by atoms with Gasteiger partial charge in [0.1, 0.15) is 5.82 Å². The van der Waals surface area contributed by atoms with Gasteiger partial charge in [-0.3, -0.25) is 19.9 Å². The van der Waals surface area contributed by atoms with Gasteiger partial charge in [-0.25, -0.2) is 9.78 Å². The number of nitrogens with one attached hydrogen (secondary N) is 4. The first kappa shape index (κ1) is 23.7. The zero-order valence-corrected chi connectivity index (χ0v) is 19.9. The highest BCUT2D eigenvalue weighted by Gasteiger charge is 2.20. The van der Waals surface area contributed by atoms with Crippen molar-refractivity contribution in [3.05, 3.63) is 84.5 Å². The van der Waals surface area contributed by atoms with Crippen LogP contribution in [0.3, 0.4) is 0 Å². The fourth-order valence-electron chi connectivity index (χ4n) is 4.10. The second-order valence-corrected chi connectivity index (χ2v) is 8.46. The molecule has 0 radical (unpaired) electrons. The molecule has 2 aromatic heterocycles. The number of hydrogen-bond acceptors (Lipinski definition) is 6.